The molecule has 4 heteroatoms. The molecule has 2 rings (SSSR count). The van der Waals surface area contributed by atoms with Crippen molar-refractivity contribution in [3.05, 3.63) is 58.6 Å². The Morgan fingerprint density at radius 1 is 1.05 bits per heavy atom. The number of ether oxygens (including phenoxy) is 2. The molecule has 0 aromatic heterocycles. The third-order valence-electron chi connectivity index (χ3n) is 3.20. The Kier molecular flexibility index (Phi) is 4.88. The number of methoxy groups -OCH3 is 2. The molecule has 0 fully saturated rings. The summed E-state index contributed by atoms with van der Waals surface area (Å²) in [5.41, 5.74) is 8.29. The van der Waals surface area contributed by atoms with E-state index in [1.807, 2.05) is 24.3 Å². The zero-order valence-electron chi connectivity index (χ0n) is 11.6. The van der Waals surface area contributed by atoms with E-state index >= 15 is 0 Å². The van der Waals surface area contributed by atoms with Gasteiger partial charge in [0.15, 0.2) is 11.5 Å². The van der Waals surface area contributed by atoms with Crippen molar-refractivity contribution in [3.8, 4) is 11.5 Å². The van der Waals surface area contributed by atoms with Crippen molar-refractivity contribution in [2.24, 2.45) is 5.73 Å². The maximum atomic E-state index is 6.28. The molecule has 0 saturated heterocycles. The van der Waals surface area contributed by atoms with Crippen LogP contribution in [0.3, 0.4) is 0 Å². The molecule has 106 valence electrons. The second kappa shape index (κ2) is 6.64. The Morgan fingerprint density at radius 3 is 2.25 bits per heavy atom. The first kappa shape index (κ1) is 14.7. The zero-order valence-corrected chi connectivity index (χ0v) is 12.4. The molecule has 0 aliphatic rings. The molecule has 0 bridgehead atoms. The quantitative estimate of drug-likeness (QED) is 0.915. The van der Waals surface area contributed by atoms with Crippen molar-refractivity contribution in [2.45, 2.75) is 12.5 Å². The van der Waals surface area contributed by atoms with E-state index in [2.05, 4.69) is 12.1 Å². The van der Waals surface area contributed by atoms with Gasteiger partial charge in [-0.15, -0.1) is 0 Å². The highest BCUT2D eigenvalue weighted by Gasteiger charge is 2.15. The third-order valence-corrected chi connectivity index (χ3v) is 3.53. The van der Waals surface area contributed by atoms with E-state index in [4.69, 9.17) is 26.8 Å². The molecule has 0 amide bonds. The summed E-state index contributed by atoms with van der Waals surface area (Å²) in [6, 6.07) is 13.5. The van der Waals surface area contributed by atoms with Gasteiger partial charge >= 0.3 is 0 Å². The van der Waals surface area contributed by atoms with E-state index < -0.39 is 0 Å². The van der Waals surface area contributed by atoms with Crippen molar-refractivity contribution in [2.75, 3.05) is 14.2 Å². The molecule has 20 heavy (non-hydrogen) atoms. The van der Waals surface area contributed by atoms with Gasteiger partial charge in [-0.05, 0) is 23.6 Å². The summed E-state index contributed by atoms with van der Waals surface area (Å²) in [7, 11) is 3.18. The van der Waals surface area contributed by atoms with E-state index in [-0.39, 0.29) is 6.04 Å². The van der Waals surface area contributed by atoms with E-state index in [0.717, 1.165) is 12.0 Å². The molecule has 0 spiro atoms. The second-order valence-electron chi connectivity index (χ2n) is 4.52. The molecule has 1 atom stereocenters. The van der Waals surface area contributed by atoms with Gasteiger partial charge in [-0.2, -0.15) is 0 Å². The van der Waals surface area contributed by atoms with Gasteiger partial charge in [0.05, 0.1) is 14.2 Å². The van der Waals surface area contributed by atoms with Crippen molar-refractivity contribution < 1.29 is 9.47 Å². The number of halogens is 1. The van der Waals surface area contributed by atoms with Crippen molar-refractivity contribution in [3.63, 3.8) is 0 Å². The van der Waals surface area contributed by atoms with E-state index in [0.29, 0.717) is 16.5 Å². The van der Waals surface area contributed by atoms with Gasteiger partial charge in [-0.25, -0.2) is 0 Å². The SMILES string of the molecule is COc1cc(Cl)c(C(N)Cc2ccccc2)cc1OC. The van der Waals surface area contributed by atoms with Gasteiger partial charge < -0.3 is 15.2 Å². The van der Waals surface area contributed by atoms with E-state index in [1.54, 1.807) is 20.3 Å². The number of nitrogens with two attached hydrogens (primary N) is 1. The van der Waals surface area contributed by atoms with Crippen molar-refractivity contribution >= 4 is 11.6 Å². The summed E-state index contributed by atoms with van der Waals surface area (Å²) in [5, 5.41) is 0.589. The van der Waals surface area contributed by atoms with Crippen LogP contribution in [0.1, 0.15) is 17.2 Å². The van der Waals surface area contributed by atoms with Crippen LogP contribution in [0.5, 0.6) is 11.5 Å². The Hall–Kier alpha value is -1.71. The highest BCUT2D eigenvalue weighted by Crippen LogP contribution is 2.35. The highest BCUT2D eigenvalue weighted by molar-refractivity contribution is 6.31. The van der Waals surface area contributed by atoms with Crippen LogP contribution < -0.4 is 15.2 Å². The monoisotopic (exact) mass is 291 g/mol. The minimum atomic E-state index is -0.190. The van der Waals surface area contributed by atoms with Crippen LogP contribution in [0.2, 0.25) is 5.02 Å². The molecule has 0 saturated carbocycles. The molecular weight excluding hydrogens is 274 g/mol. The Balaban J connectivity index is 2.27. The second-order valence-corrected chi connectivity index (χ2v) is 4.93. The van der Waals surface area contributed by atoms with Crippen molar-refractivity contribution in [1.82, 2.24) is 0 Å². The predicted molar refractivity (Wildman–Crippen MR) is 81.6 cm³/mol. The zero-order chi connectivity index (χ0) is 14.5. The summed E-state index contributed by atoms with van der Waals surface area (Å²) in [6.07, 6.45) is 0.718. The molecule has 2 N–H and O–H groups in total. The van der Waals surface area contributed by atoms with Crippen LogP contribution in [0.25, 0.3) is 0 Å². The highest BCUT2D eigenvalue weighted by atomic mass is 35.5. The third kappa shape index (κ3) is 3.24. The first-order valence-corrected chi connectivity index (χ1v) is 6.74. The van der Waals surface area contributed by atoms with E-state index in [1.165, 1.54) is 5.56 Å². The predicted octanol–water partition coefficient (Wildman–Crippen LogP) is 3.60. The Labute approximate surface area is 124 Å². The Bertz CT molecular complexity index is 572. The van der Waals surface area contributed by atoms with Crippen LogP contribution in [0, 0.1) is 0 Å². The largest absolute Gasteiger partial charge is 0.493 e. The summed E-state index contributed by atoms with van der Waals surface area (Å²) >= 11 is 6.28. The lowest BCUT2D eigenvalue weighted by atomic mass is 9.99. The average molecular weight is 292 g/mol. The lowest BCUT2D eigenvalue weighted by Gasteiger charge is -2.17. The summed E-state index contributed by atoms with van der Waals surface area (Å²) in [4.78, 5) is 0. The summed E-state index contributed by atoms with van der Waals surface area (Å²) < 4.78 is 10.5. The summed E-state index contributed by atoms with van der Waals surface area (Å²) in [6.45, 7) is 0. The van der Waals surface area contributed by atoms with Gasteiger partial charge in [0.1, 0.15) is 0 Å². The molecule has 0 radical (unpaired) electrons. The standard InChI is InChI=1S/C16H18ClNO2/c1-19-15-9-12(13(17)10-16(15)20-2)14(18)8-11-6-4-3-5-7-11/h3-7,9-10,14H,8,18H2,1-2H3. The number of hydrogen-bond acceptors (Lipinski definition) is 3. The maximum absolute atomic E-state index is 6.28. The number of benzene rings is 2. The minimum Gasteiger partial charge on any atom is -0.493 e. The van der Waals surface area contributed by atoms with Gasteiger partial charge in [-0.1, -0.05) is 41.9 Å². The maximum Gasteiger partial charge on any atom is 0.162 e. The smallest absolute Gasteiger partial charge is 0.162 e. The number of rotatable bonds is 5. The van der Waals surface area contributed by atoms with Crippen LogP contribution >= 0.6 is 11.6 Å². The topological polar surface area (TPSA) is 44.5 Å². The fraction of sp³-hybridized carbons (Fsp3) is 0.250. The fourth-order valence-electron chi connectivity index (χ4n) is 2.13. The average Bonchev–Trinajstić information content (AvgIpc) is 2.47. The molecule has 0 aliphatic carbocycles. The number of hydrogen-bond donors (Lipinski definition) is 1. The summed E-state index contributed by atoms with van der Waals surface area (Å²) in [5.74, 6) is 1.24. The molecule has 1 unspecified atom stereocenters. The molecular formula is C16H18ClNO2. The van der Waals surface area contributed by atoms with Gasteiger partial charge in [0.25, 0.3) is 0 Å². The molecule has 0 aliphatic heterocycles. The lowest BCUT2D eigenvalue weighted by molar-refractivity contribution is 0.354. The lowest BCUT2D eigenvalue weighted by Crippen LogP contribution is -2.14. The van der Waals surface area contributed by atoms with Crippen LogP contribution in [-0.2, 0) is 6.42 Å². The molecule has 0 heterocycles. The first-order chi connectivity index (χ1) is 9.65. The van der Waals surface area contributed by atoms with Crippen LogP contribution in [0.15, 0.2) is 42.5 Å². The van der Waals surface area contributed by atoms with E-state index in [9.17, 15) is 0 Å². The first-order valence-electron chi connectivity index (χ1n) is 6.36. The molecule has 2 aromatic rings. The van der Waals surface area contributed by atoms with Gasteiger partial charge in [-0.3, -0.25) is 0 Å². The van der Waals surface area contributed by atoms with Crippen LogP contribution in [0.4, 0.5) is 0 Å². The van der Waals surface area contributed by atoms with Crippen LogP contribution in [-0.4, -0.2) is 14.2 Å². The van der Waals surface area contributed by atoms with Gasteiger partial charge in [0.2, 0.25) is 0 Å². The fourth-order valence-corrected chi connectivity index (χ4v) is 2.43. The van der Waals surface area contributed by atoms with Crippen molar-refractivity contribution in [1.29, 1.82) is 0 Å². The minimum absolute atomic E-state index is 0.190. The Morgan fingerprint density at radius 2 is 1.65 bits per heavy atom. The van der Waals surface area contributed by atoms with Gasteiger partial charge in [0, 0.05) is 17.1 Å². The molecule has 2 aromatic carbocycles. The normalized spacial score (nSPS) is 12.0. The molecule has 3 nitrogen and oxygen atoms in total.